The summed E-state index contributed by atoms with van der Waals surface area (Å²) in [5, 5.41) is 15.7. The van der Waals surface area contributed by atoms with Gasteiger partial charge in [-0.05, 0) is 58.9 Å². The fourth-order valence-electron chi connectivity index (χ4n) is 8.71. The molecule has 2 N–H and O–H groups in total. The second kappa shape index (κ2) is 13.5. The van der Waals surface area contributed by atoms with Crippen molar-refractivity contribution < 1.29 is 22.7 Å². The largest absolute Gasteiger partial charge is 0.489 e. The number of nitrogens with one attached hydrogen (secondary N) is 1. The zero-order chi connectivity index (χ0) is 33.4. The molecule has 3 fully saturated rings. The lowest BCUT2D eigenvalue weighted by Crippen LogP contribution is -2.66. The van der Waals surface area contributed by atoms with E-state index in [1.165, 1.54) is 49.3 Å². The van der Waals surface area contributed by atoms with Gasteiger partial charge in [-0.3, -0.25) is 4.90 Å². The van der Waals surface area contributed by atoms with Gasteiger partial charge in [0.15, 0.2) is 9.84 Å². The number of benzene rings is 3. The highest BCUT2D eigenvalue weighted by Gasteiger charge is 2.54. The van der Waals surface area contributed by atoms with Crippen LogP contribution in [-0.2, 0) is 23.0 Å². The average molecular weight is 661 g/mol. The number of aliphatic hydroxyl groups excluding tert-OH is 1. The van der Waals surface area contributed by atoms with Gasteiger partial charge in [0.2, 0.25) is 0 Å². The summed E-state index contributed by atoms with van der Waals surface area (Å²) in [6, 6.07) is 22.3. The normalized spacial score (nSPS) is 29.4. The van der Waals surface area contributed by atoms with Gasteiger partial charge in [-0.1, -0.05) is 76.9 Å². The number of hydrogen-bond acceptors (Lipinski definition) is 6. The van der Waals surface area contributed by atoms with E-state index in [1.54, 1.807) is 6.07 Å². The molecule has 3 saturated heterocycles. The Morgan fingerprint density at radius 2 is 1.51 bits per heavy atom. The van der Waals surface area contributed by atoms with Crippen molar-refractivity contribution in [2.45, 2.75) is 70.6 Å². The number of hydrogen-bond donors (Lipinski definition) is 2. The Kier molecular flexibility index (Phi) is 9.79. The molecule has 0 spiro atoms. The molecule has 4 atom stereocenters. The molecular weight excluding hydrogens is 607 g/mol. The summed E-state index contributed by atoms with van der Waals surface area (Å²) in [6.45, 7) is 17.4. The van der Waals surface area contributed by atoms with Crippen LogP contribution in [0.25, 0.3) is 0 Å². The molecule has 4 aliphatic rings. The number of aliphatic hydroxyl groups is 1. The van der Waals surface area contributed by atoms with E-state index in [2.05, 4.69) is 62.2 Å². The first-order valence-electron chi connectivity index (χ1n) is 17.6. The van der Waals surface area contributed by atoms with E-state index >= 15 is 0 Å². The lowest BCUT2D eigenvalue weighted by atomic mass is 9.59. The van der Waals surface area contributed by atoms with Crippen molar-refractivity contribution in [1.29, 1.82) is 0 Å². The Morgan fingerprint density at radius 1 is 0.915 bits per heavy atom. The molecule has 0 radical (unpaired) electrons. The van der Waals surface area contributed by atoms with E-state index in [0.29, 0.717) is 17.1 Å². The van der Waals surface area contributed by atoms with Gasteiger partial charge in [-0.2, -0.15) is 0 Å². The van der Waals surface area contributed by atoms with Crippen LogP contribution in [0.2, 0.25) is 0 Å². The van der Waals surface area contributed by atoms with Crippen LogP contribution in [0, 0.1) is 17.3 Å². The molecule has 0 aromatic heterocycles. The molecule has 2 bridgehead atoms. The van der Waals surface area contributed by atoms with Crippen LogP contribution in [-0.4, -0.2) is 81.1 Å². The molecule has 7 rings (SSSR count). The minimum absolute atomic E-state index is 0.00564. The highest BCUT2D eigenvalue weighted by atomic mass is 32.2. The standard InChI is InChI=1S/C39H54N3O4S/c1-6-28(3)39(29(4)7-2)27-47(44,45)36-17-14-33(40-5)24-35(36)37(38(39)43)32-12-15-34(16-13-32)46-26-31-10-8-30(9-11-31)25-42-21-18-41(19-22-42)20-23-42/h8-17,24,28-29,37-38,40,43H,6-7,18-23,25-27H2,1-5H3/q+1/t28?,29?,37-,38-,39?/m1/s1. The first kappa shape index (κ1) is 34.0. The van der Waals surface area contributed by atoms with Crippen molar-refractivity contribution >= 4 is 15.5 Å². The average Bonchev–Trinajstić information content (AvgIpc) is 3.18. The van der Waals surface area contributed by atoms with E-state index in [0.717, 1.165) is 42.0 Å². The molecule has 254 valence electrons. The zero-order valence-electron chi connectivity index (χ0n) is 28.9. The zero-order valence-corrected chi connectivity index (χ0v) is 29.7. The van der Waals surface area contributed by atoms with E-state index < -0.39 is 27.3 Å². The maximum Gasteiger partial charge on any atom is 0.179 e. The van der Waals surface area contributed by atoms with Gasteiger partial charge in [-0.25, -0.2) is 8.42 Å². The molecule has 3 aromatic rings. The summed E-state index contributed by atoms with van der Waals surface area (Å²) >= 11 is 0. The molecule has 0 amide bonds. The van der Waals surface area contributed by atoms with Gasteiger partial charge in [0.05, 0.1) is 36.4 Å². The number of nitrogens with zero attached hydrogens (tertiary/aromatic N) is 2. The predicted octanol–water partition coefficient (Wildman–Crippen LogP) is 6.31. The van der Waals surface area contributed by atoms with E-state index in [4.69, 9.17) is 4.74 Å². The second-order valence-electron chi connectivity index (χ2n) is 14.6. The Balaban J connectivity index is 1.25. The van der Waals surface area contributed by atoms with Crippen LogP contribution in [0.3, 0.4) is 0 Å². The smallest absolute Gasteiger partial charge is 0.179 e. The van der Waals surface area contributed by atoms with Crippen LogP contribution in [0.1, 0.15) is 68.7 Å². The van der Waals surface area contributed by atoms with Crippen molar-refractivity contribution in [3.63, 3.8) is 0 Å². The summed E-state index contributed by atoms with van der Waals surface area (Å²) in [5.41, 5.74) is 4.09. The fraction of sp³-hybridized carbons (Fsp3) is 0.538. The van der Waals surface area contributed by atoms with Gasteiger partial charge >= 0.3 is 0 Å². The van der Waals surface area contributed by atoms with Crippen molar-refractivity contribution in [2.75, 3.05) is 57.4 Å². The number of ether oxygens (including phenoxy) is 1. The summed E-state index contributed by atoms with van der Waals surface area (Å²) in [4.78, 5) is 2.91. The predicted molar refractivity (Wildman–Crippen MR) is 189 cm³/mol. The molecule has 7 nitrogen and oxygen atoms in total. The van der Waals surface area contributed by atoms with E-state index in [9.17, 15) is 13.5 Å². The lowest BCUT2D eigenvalue weighted by Gasteiger charge is -2.50. The fourth-order valence-corrected chi connectivity index (χ4v) is 11.1. The van der Waals surface area contributed by atoms with Crippen LogP contribution >= 0.6 is 0 Å². The third-order valence-corrected chi connectivity index (χ3v) is 14.1. The Labute approximate surface area is 282 Å². The third-order valence-electron chi connectivity index (χ3n) is 12.2. The minimum Gasteiger partial charge on any atom is -0.489 e. The summed E-state index contributed by atoms with van der Waals surface area (Å²) < 4.78 is 35.7. The van der Waals surface area contributed by atoms with Crippen molar-refractivity contribution in [3.8, 4) is 5.75 Å². The number of rotatable bonds is 11. The number of anilines is 1. The summed E-state index contributed by atoms with van der Waals surface area (Å²) in [7, 11) is -1.84. The Hall–Kier alpha value is -2.91. The van der Waals surface area contributed by atoms with Crippen molar-refractivity contribution in [1.82, 2.24) is 4.90 Å². The topological polar surface area (TPSA) is 78.9 Å². The van der Waals surface area contributed by atoms with Gasteiger partial charge in [0.25, 0.3) is 0 Å². The maximum absolute atomic E-state index is 14.1. The summed E-state index contributed by atoms with van der Waals surface area (Å²) in [5.74, 6) is 0.190. The molecule has 4 heterocycles. The SMILES string of the molecule is CCC(C)C1(C(C)CC)CS(=O)(=O)c2ccc(NC)cc2[C@@H](c2ccc(OCc3ccc(C[N+]45CCN(CC4)CC5)cc3)cc2)[C@H]1O. The molecule has 0 aliphatic carbocycles. The van der Waals surface area contributed by atoms with Crippen LogP contribution < -0.4 is 10.1 Å². The molecule has 2 unspecified atom stereocenters. The first-order valence-corrected chi connectivity index (χ1v) is 19.3. The van der Waals surface area contributed by atoms with Gasteiger partial charge < -0.3 is 19.6 Å². The number of piperazine rings is 3. The second-order valence-corrected chi connectivity index (χ2v) is 16.6. The molecule has 3 aromatic carbocycles. The highest BCUT2D eigenvalue weighted by Crippen LogP contribution is 2.53. The van der Waals surface area contributed by atoms with Gasteiger partial charge in [-0.15, -0.1) is 0 Å². The third kappa shape index (κ3) is 6.46. The van der Waals surface area contributed by atoms with Crippen LogP contribution in [0.15, 0.2) is 71.6 Å². The Morgan fingerprint density at radius 3 is 2.09 bits per heavy atom. The minimum atomic E-state index is -3.67. The number of sulfone groups is 1. The van der Waals surface area contributed by atoms with Crippen LogP contribution in [0.4, 0.5) is 5.69 Å². The Bertz CT molecular complexity index is 1610. The van der Waals surface area contributed by atoms with Crippen molar-refractivity contribution in [3.05, 3.63) is 89.0 Å². The lowest BCUT2D eigenvalue weighted by molar-refractivity contribution is -0.953. The maximum atomic E-state index is 14.1. The van der Waals surface area contributed by atoms with Gasteiger partial charge in [0, 0.05) is 49.3 Å². The summed E-state index contributed by atoms with van der Waals surface area (Å²) in [6.07, 6.45) is 0.683. The van der Waals surface area contributed by atoms with Crippen LogP contribution in [0.5, 0.6) is 5.75 Å². The number of quaternary nitrogens is 1. The monoisotopic (exact) mass is 660 g/mol. The molecule has 47 heavy (non-hydrogen) atoms. The van der Waals surface area contributed by atoms with E-state index in [1.807, 2.05) is 43.4 Å². The quantitative estimate of drug-likeness (QED) is 0.235. The van der Waals surface area contributed by atoms with E-state index in [-0.39, 0.29) is 17.6 Å². The molecule has 8 heteroatoms. The molecular formula is C39H54N3O4S+. The van der Waals surface area contributed by atoms with Gasteiger partial charge in [0.1, 0.15) is 18.9 Å². The molecule has 4 aliphatic heterocycles. The first-order chi connectivity index (χ1) is 22.5. The molecule has 0 saturated carbocycles. The number of fused-ring (bicyclic) bond motifs is 4. The van der Waals surface area contributed by atoms with Crippen molar-refractivity contribution in [2.24, 2.45) is 17.3 Å². The highest BCUT2D eigenvalue weighted by molar-refractivity contribution is 7.91.